The molecule has 0 unspecified atom stereocenters. The minimum Gasteiger partial charge on any atom is -0.378 e. The highest BCUT2D eigenvalue weighted by atomic mass is 15.1. The van der Waals surface area contributed by atoms with Crippen LogP contribution in [0.15, 0.2) is 103 Å². The molecule has 3 heteroatoms. The summed E-state index contributed by atoms with van der Waals surface area (Å²) in [7, 11) is 8.21. The van der Waals surface area contributed by atoms with Crippen LogP contribution in [0.25, 0.3) is 23.3 Å². The Labute approximate surface area is 214 Å². The minimum absolute atomic E-state index is 0.654. The zero-order valence-corrected chi connectivity index (χ0v) is 21.3. The third-order valence-electron chi connectivity index (χ3n) is 6.15. The van der Waals surface area contributed by atoms with E-state index in [0.29, 0.717) is 5.57 Å². The van der Waals surface area contributed by atoms with Gasteiger partial charge in [-0.2, -0.15) is 5.26 Å². The topological polar surface area (TPSA) is 30.3 Å². The highest BCUT2D eigenvalue weighted by Gasteiger charge is 2.08. The Morgan fingerprint density at radius 2 is 1.00 bits per heavy atom. The summed E-state index contributed by atoms with van der Waals surface area (Å²) >= 11 is 0. The lowest BCUT2D eigenvalue weighted by Gasteiger charge is -2.16. The van der Waals surface area contributed by atoms with Crippen LogP contribution in [-0.4, -0.2) is 28.2 Å². The minimum atomic E-state index is 0.654. The van der Waals surface area contributed by atoms with Crippen molar-refractivity contribution in [3.05, 3.63) is 131 Å². The zero-order valence-electron chi connectivity index (χ0n) is 21.3. The molecule has 0 amide bonds. The molecule has 0 saturated carbocycles. The fourth-order valence-electron chi connectivity index (χ4n) is 4.03. The Hall–Kier alpha value is -4.55. The smallest absolute Gasteiger partial charge is 0.0998 e. The number of benzene rings is 4. The lowest BCUT2D eigenvalue weighted by molar-refractivity contribution is 1.13. The van der Waals surface area contributed by atoms with E-state index in [9.17, 15) is 5.26 Å². The van der Waals surface area contributed by atoms with E-state index in [4.69, 9.17) is 0 Å². The zero-order chi connectivity index (χ0) is 25.5. The first-order chi connectivity index (χ1) is 17.4. The molecule has 4 rings (SSSR count). The molecule has 3 nitrogen and oxygen atoms in total. The van der Waals surface area contributed by atoms with E-state index in [-0.39, 0.29) is 0 Å². The van der Waals surface area contributed by atoms with Gasteiger partial charge < -0.3 is 9.80 Å². The lowest BCUT2D eigenvalue weighted by Crippen LogP contribution is -2.08. The van der Waals surface area contributed by atoms with Crippen molar-refractivity contribution in [1.29, 1.82) is 5.26 Å². The van der Waals surface area contributed by atoms with Crippen molar-refractivity contribution in [3.8, 4) is 6.07 Å². The number of hydrogen-bond acceptors (Lipinski definition) is 3. The second kappa shape index (κ2) is 11.3. The summed E-state index contributed by atoms with van der Waals surface area (Å²) in [5.41, 5.74) is 9.52. The lowest BCUT2D eigenvalue weighted by atomic mass is 9.94. The van der Waals surface area contributed by atoms with Crippen LogP contribution in [0.2, 0.25) is 0 Å². The van der Waals surface area contributed by atoms with Crippen molar-refractivity contribution in [3.63, 3.8) is 0 Å². The number of nitriles is 1. The van der Waals surface area contributed by atoms with Crippen LogP contribution in [0.3, 0.4) is 0 Å². The van der Waals surface area contributed by atoms with Gasteiger partial charge in [0.15, 0.2) is 0 Å². The molecule has 0 spiro atoms. The van der Waals surface area contributed by atoms with E-state index in [1.165, 1.54) is 11.4 Å². The van der Waals surface area contributed by atoms with Crippen LogP contribution < -0.4 is 9.80 Å². The quantitative estimate of drug-likeness (QED) is 0.208. The third kappa shape index (κ3) is 5.92. The number of nitrogens with zero attached hydrogens (tertiary/aromatic N) is 3. The molecule has 0 saturated heterocycles. The van der Waals surface area contributed by atoms with Crippen molar-refractivity contribution < 1.29 is 0 Å². The molecule has 0 bridgehead atoms. The van der Waals surface area contributed by atoms with E-state index in [2.05, 4.69) is 123 Å². The summed E-state index contributed by atoms with van der Waals surface area (Å²) in [4.78, 5) is 4.21. The molecular formula is C33H31N3. The number of anilines is 2. The van der Waals surface area contributed by atoms with E-state index in [1.807, 2.05) is 36.4 Å². The molecule has 4 aromatic rings. The Balaban J connectivity index is 1.70. The number of hydrogen-bond donors (Lipinski definition) is 0. The summed E-state index contributed by atoms with van der Waals surface area (Å²) in [6.45, 7) is 0. The van der Waals surface area contributed by atoms with Crippen LogP contribution in [0, 0.1) is 11.3 Å². The highest BCUT2D eigenvalue weighted by molar-refractivity contribution is 5.93. The molecule has 36 heavy (non-hydrogen) atoms. The van der Waals surface area contributed by atoms with Gasteiger partial charge >= 0.3 is 0 Å². The Morgan fingerprint density at radius 1 is 0.556 bits per heavy atom. The van der Waals surface area contributed by atoms with Gasteiger partial charge in [-0.1, -0.05) is 78.9 Å². The molecule has 178 valence electrons. The Morgan fingerprint density at radius 3 is 1.42 bits per heavy atom. The van der Waals surface area contributed by atoms with E-state index >= 15 is 0 Å². The van der Waals surface area contributed by atoms with Gasteiger partial charge in [0.25, 0.3) is 0 Å². The van der Waals surface area contributed by atoms with Gasteiger partial charge in [-0.05, 0) is 69.8 Å². The van der Waals surface area contributed by atoms with Crippen LogP contribution in [0.5, 0.6) is 0 Å². The predicted octanol–water partition coefficient (Wildman–Crippen LogP) is 7.47. The van der Waals surface area contributed by atoms with E-state index in [0.717, 1.165) is 33.4 Å². The standard InChI is InChI=1S/C33H31N3/c1-35(2)31-18-14-28(15-19-31)33(29-16-20-32(21-17-29)36(3)4)23-26-12-10-25(11-13-26)22-30(24-34)27-8-6-5-7-9-27/h5-23H,1-4H3/b30-22+. The first-order valence-corrected chi connectivity index (χ1v) is 12.0. The molecule has 0 aliphatic heterocycles. The number of rotatable bonds is 7. The summed E-state index contributed by atoms with van der Waals surface area (Å²) in [6.07, 6.45) is 4.16. The van der Waals surface area contributed by atoms with E-state index in [1.54, 1.807) is 0 Å². The fourth-order valence-corrected chi connectivity index (χ4v) is 4.03. The van der Waals surface area contributed by atoms with Gasteiger partial charge in [-0.15, -0.1) is 0 Å². The molecule has 0 heterocycles. The van der Waals surface area contributed by atoms with Crippen molar-refractivity contribution in [2.45, 2.75) is 0 Å². The van der Waals surface area contributed by atoms with Gasteiger partial charge in [0.1, 0.15) is 0 Å². The van der Waals surface area contributed by atoms with Crippen molar-refractivity contribution >= 4 is 34.7 Å². The number of allylic oxidation sites excluding steroid dienone is 1. The highest BCUT2D eigenvalue weighted by Crippen LogP contribution is 2.29. The molecule has 0 radical (unpaired) electrons. The molecule has 0 N–H and O–H groups in total. The van der Waals surface area contributed by atoms with Crippen molar-refractivity contribution in [2.24, 2.45) is 0 Å². The normalized spacial score (nSPS) is 10.9. The van der Waals surface area contributed by atoms with Gasteiger partial charge in [0.2, 0.25) is 0 Å². The predicted molar refractivity (Wildman–Crippen MR) is 155 cm³/mol. The summed E-state index contributed by atoms with van der Waals surface area (Å²) < 4.78 is 0. The van der Waals surface area contributed by atoms with Gasteiger partial charge in [-0.25, -0.2) is 0 Å². The first-order valence-electron chi connectivity index (χ1n) is 12.0. The fraction of sp³-hybridized carbons (Fsp3) is 0.121. The molecule has 4 aromatic carbocycles. The third-order valence-corrected chi connectivity index (χ3v) is 6.15. The van der Waals surface area contributed by atoms with Crippen LogP contribution in [0.4, 0.5) is 11.4 Å². The molecule has 0 aliphatic carbocycles. The van der Waals surface area contributed by atoms with Gasteiger partial charge in [-0.3, -0.25) is 0 Å². The largest absolute Gasteiger partial charge is 0.378 e. The SMILES string of the molecule is CN(C)c1ccc(C(=Cc2ccc(/C=C(\C#N)c3ccccc3)cc2)c2ccc(N(C)C)cc2)cc1. The maximum atomic E-state index is 9.64. The van der Waals surface area contributed by atoms with Crippen LogP contribution in [0.1, 0.15) is 27.8 Å². The molecule has 0 atom stereocenters. The van der Waals surface area contributed by atoms with Crippen LogP contribution in [-0.2, 0) is 0 Å². The Kier molecular flexibility index (Phi) is 7.68. The second-order valence-electron chi connectivity index (χ2n) is 9.14. The van der Waals surface area contributed by atoms with Crippen LogP contribution >= 0.6 is 0 Å². The molecule has 0 aliphatic rings. The van der Waals surface area contributed by atoms with Gasteiger partial charge in [0, 0.05) is 39.6 Å². The Bertz CT molecular complexity index is 1330. The maximum Gasteiger partial charge on any atom is 0.0998 e. The average Bonchev–Trinajstić information content (AvgIpc) is 2.91. The van der Waals surface area contributed by atoms with Crippen molar-refractivity contribution in [2.75, 3.05) is 38.0 Å². The summed E-state index contributed by atoms with van der Waals surface area (Å²) in [5.74, 6) is 0. The molecule has 0 aromatic heterocycles. The average molecular weight is 470 g/mol. The van der Waals surface area contributed by atoms with Crippen molar-refractivity contribution in [1.82, 2.24) is 0 Å². The monoisotopic (exact) mass is 469 g/mol. The van der Waals surface area contributed by atoms with Gasteiger partial charge in [0.05, 0.1) is 11.6 Å². The summed E-state index contributed by atoms with van der Waals surface area (Å²) in [5, 5.41) is 9.64. The second-order valence-corrected chi connectivity index (χ2v) is 9.14. The first kappa shape index (κ1) is 24.6. The summed E-state index contributed by atoms with van der Waals surface area (Å²) in [6, 6.07) is 37.8. The molecular weight excluding hydrogens is 438 g/mol. The van der Waals surface area contributed by atoms with E-state index < -0.39 is 0 Å². The molecule has 0 fully saturated rings. The maximum absolute atomic E-state index is 9.64.